The number of unbranched alkanes of at least 4 members (excludes halogenated alkanes) is 1. The maximum Gasteiger partial charge on any atom is 0.169 e. The molecule has 40 heavy (non-hydrogen) atoms. The summed E-state index contributed by atoms with van der Waals surface area (Å²) in [7, 11) is -2.34. The summed E-state index contributed by atoms with van der Waals surface area (Å²) in [6.45, 7) is 9.74. The molecule has 0 amide bonds. The van der Waals surface area contributed by atoms with Crippen molar-refractivity contribution < 1.29 is 4.79 Å². The second-order valence-electron chi connectivity index (χ2n) is 13.9. The predicted molar refractivity (Wildman–Crippen MR) is 172 cm³/mol. The molecule has 0 saturated heterocycles. The Bertz CT molecular complexity index is 1450. The highest BCUT2D eigenvalue weighted by Gasteiger charge is 2.71. The average Bonchev–Trinajstić information content (AvgIpc) is 3.44. The van der Waals surface area contributed by atoms with Crippen LogP contribution in [0.4, 0.5) is 0 Å². The minimum absolute atomic E-state index is 0.0294. The number of ketones is 1. The van der Waals surface area contributed by atoms with E-state index in [4.69, 9.17) is 0 Å². The molecule has 3 fully saturated rings. The summed E-state index contributed by atoms with van der Waals surface area (Å²) in [6, 6.07) is 38.9. The number of carbonyl (C=O) groups excluding carboxylic acids is 1. The lowest BCUT2D eigenvalue weighted by atomic mass is 9.56. The van der Waals surface area contributed by atoms with E-state index in [1.54, 1.807) is 0 Å². The number of carbonyl (C=O) groups is 1. The molecule has 0 aromatic heterocycles. The molecule has 3 saturated carbocycles. The summed E-state index contributed by atoms with van der Waals surface area (Å²) < 4.78 is 0. The topological polar surface area (TPSA) is 17.1 Å². The van der Waals surface area contributed by atoms with Gasteiger partial charge in [-0.15, -0.1) is 0 Å². The number of hydrogen-bond donors (Lipinski definition) is 0. The van der Waals surface area contributed by atoms with Gasteiger partial charge in [0.15, 0.2) is 5.78 Å². The monoisotopic (exact) mass is 544 g/mol. The lowest BCUT2D eigenvalue weighted by Crippen LogP contribution is -2.67. The number of Topliss-reactive ketones (excluding diaryl/α,β-unsaturated/α-hetero) is 1. The van der Waals surface area contributed by atoms with E-state index < -0.39 is 8.07 Å². The van der Waals surface area contributed by atoms with Crippen molar-refractivity contribution in [1.82, 2.24) is 0 Å². The molecule has 0 spiro atoms. The summed E-state index contributed by atoms with van der Waals surface area (Å²) >= 11 is 0. The van der Waals surface area contributed by atoms with E-state index in [1.807, 2.05) is 0 Å². The van der Waals surface area contributed by atoms with Crippen LogP contribution in [0.3, 0.4) is 0 Å². The summed E-state index contributed by atoms with van der Waals surface area (Å²) in [5.74, 6) is 1.10. The average molecular weight is 545 g/mol. The fourth-order valence-electron chi connectivity index (χ4n) is 8.93. The number of fused-ring (bicyclic) bond motifs is 2. The smallest absolute Gasteiger partial charge is 0.169 e. The first-order valence-electron chi connectivity index (χ1n) is 15.4. The Morgan fingerprint density at radius 3 is 1.93 bits per heavy atom. The first kappa shape index (κ1) is 27.2. The van der Waals surface area contributed by atoms with Crippen molar-refractivity contribution >= 4 is 35.0 Å². The van der Waals surface area contributed by atoms with Gasteiger partial charge in [0.05, 0.1) is 0 Å². The SMILES string of the molecule is CCCC[C@@]1(C[Si](c2ccccc2)(c2ccccc2)C(C)(C)C)CC2CC1(C(=O)c1ccc3ccccc3c1)C2. The van der Waals surface area contributed by atoms with E-state index in [0.717, 1.165) is 30.9 Å². The lowest BCUT2D eigenvalue weighted by molar-refractivity contribution is 0.0303. The minimum Gasteiger partial charge on any atom is -0.294 e. The van der Waals surface area contributed by atoms with Gasteiger partial charge in [0.25, 0.3) is 0 Å². The molecule has 2 bridgehead atoms. The number of hydrogen-bond acceptors (Lipinski definition) is 1. The van der Waals surface area contributed by atoms with Crippen LogP contribution in [-0.2, 0) is 0 Å². The van der Waals surface area contributed by atoms with Gasteiger partial charge in [0, 0.05) is 11.0 Å². The van der Waals surface area contributed by atoms with Crippen molar-refractivity contribution in [2.45, 2.75) is 77.3 Å². The Kier molecular flexibility index (Phi) is 6.90. The molecule has 7 rings (SSSR count). The highest BCUT2D eigenvalue weighted by molar-refractivity contribution is 7.04. The molecular formula is C38H44OSi. The Hall–Kier alpha value is -2.97. The summed E-state index contributed by atoms with van der Waals surface area (Å²) in [5, 5.41) is 5.50. The largest absolute Gasteiger partial charge is 0.294 e. The van der Waals surface area contributed by atoms with Gasteiger partial charge in [0.2, 0.25) is 0 Å². The summed E-state index contributed by atoms with van der Waals surface area (Å²) in [4.78, 5) is 14.9. The Balaban J connectivity index is 1.53. The fraction of sp³-hybridized carbons (Fsp3) is 0.395. The van der Waals surface area contributed by atoms with Crippen molar-refractivity contribution in [3.63, 3.8) is 0 Å². The molecule has 3 aliphatic rings. The Labute approximate surface area is 242 Å². The lowest BCUT2D eigenvalue weighted by Gasteiger charge is -2.54. The first-order chi connectivity index (χ1) is 19.2. The van der Waals surface area contributed by atoms with Gasteiger partial charge < -0.3 is 0 Å². The fourth-order valence-corrected chi connectivity index (χ4v) is 15.1. The molecule has 0 N–H and O–H groups in total. The number of benzene rings is 4. The molecule has 0 unspecified atom stereocenters. The molecule has 4 aromatic carbocycles. The van der Waals surface area contributed by atoms with Gasteiger partial charge in [-0.05, 0) is 64.9 Å². The van der Waals surface area contributed by atoms with E-state index in [2.05, 4.69) is 131 Å². The molecule has 0 heterocycles. The maximum absolute atomic E-state index is 14.9. The van der Waals surface area contributed by atoms with Gasteiger partial charge >= 0.3 is 0 Å². The van der Waals surface area contributed by atoms with Crippen LogP contribution >= 0.6 is 0 Å². The molecule has 0 aliphatic heterocycles. The van der Waals surface area contributed by atoms with Crippen LogP contribution in [0.1, 0.15) is 76.6 Å². The number of rotatable bonds is 9. The van der Waals surface area contributed by atoms with Gasteiger partial charge in [0.1, 0.15) is 8.07 Å². The van der Waals surface area contributed by atoms with E-state index in [9.17, 15) is 4.79 Å². The van der Waals surface area contributed by atoms with E-state index >= 15 is 0 Å². The van der Waals surface area contributed by atoms with Crippen LogP contribution in [0, 0.1) is 16.7 Å². The first-order valence-corrected chi connectivity index (χ1v) is 17.6. The zero-order valence-corrected chi connectivity index (χ0v) is 25.8. The molecule has 1 atom stereocenters. The summed E-state index contributed by atoms with van der Waals surface area (Å²) in [5.41, 5.74) is 0.701. The van der Waals surface area contributed by atoms with Gasteiger partial charge in [-0.2, -0.15) is 0 Å². The minimum atomic E-state index is -2.34. The summed E-state index contributed by atoms with van der Waals surface area (Å²) in [6.07, 6.45) is 6.87. The van der Waals surface area contributed by atoms with Crippen molar-refractivity contribution in [2.75, 3.05) is 0 Å². The van der Waals surface area contributed by atoms with Crippen molar-refractivity contribution in [2.24, 2.45) is 16.7 Å². The molecule has 206 valence electrons. The standard InChI is InChI=1S/C38H44OSi/c1-5-6-23-37(28-40(36(2,3)4,33-17-9-7-10-18-33)34-19-11-8-12-20-34)25-29-26-38(37,27-29)35(39)32-22-21-30-15-13-14-16-31(30)24-32/h7-22,24,29H,5-6,23,25-28H2,1-4H3/t29?,37-,38?/m0/s1. The third kappa shape index (κ3) is 4.14. The molecule has 1 nitrogen and oxygen atoms in total. The Morgan fingerprint density at radius 2 is 1.35 bits per heavy atom. The van der Waals surface area contributed by atoms with Crippen LogP contribution in [0.2, 0.25) is 11.1 Å². The van der Waals surface area contributed by atoms with E-state index in [-0.39, 0.29) is 15.9 Å². The molecular weight excluding hydrogens is 501 g/mol. The van der Waals surface area contributed by atoms with Crippen LogP contribution in [0.15, 0.2) is 103 Å². The van der Waals surface area contributed by atoms with Crippen molar-refractivity contribution in [3.8, 4) is 0 Å². The zero-order chi connectivity index (χ0) is 28.0. The van der Waals surface area contributed by atoms with Crippen LogP contribution in [-0.4, -0.2) is 13.9 Å². The van der Waals surface area contributed by atoms with Crippen molar-refractivity contribution in [3.05, 3.63) is 109 Å². The van der Waals surface area contributed by atoms with E-state index in [0.29, 0.717) is 11.7 Å². The van der Waals surface area contributed by atoms with Gasteiger partial charge in [-0.3, -0.25) is 4.79 Å². The van der Waals surface area contributed by atoms with E-state index in [1.165, 1.54) is 40.4 Å². The highest BCUT2D eigenvalue weighted by atomic mass is 28.3. The van der Waals surface area contributed by atoms with Crippen LogP contribution in [0.5, 0.6) is 0 Å². The second kappa shape index (κ2) is 10.1. The Morgan fingerprint density at radius 1 is 0.775 bits per heavy atom. The predicted octanol–water partition coefficient (Wildman–Crippen LogP) is 9.06. The molecule has 0 radical (unpaired) electrons. The van der Waals surface area contributed by atoms with Crippen molar-refractivity contribution in [1.29, 1.82) is 0 Å². The third-order valence-corrected chi connectivity index (χ3v) is 17.2. The van der Waals surface area contributed by atoms with Gasteiger partial charge in [-0.1, -0.05) is 148 Å². The maximum atomic E-state index is 14.9. The molecule has 4 aromatic rings. The third-order valence-electron chi connectivity index (χ3n) is 10.8. The van der Waals surface area contributed by atoms with Crippen LogP contribution in [0.25, 0.3) is 10.8 Å². The molecule has 2 heteroatoms. The van der Waals surface area contributed by atoms with Gasteiger partial charge in [-0.25, -0.2) is 0 Å². The quantitative estimate of drug-likeness (QED) is 0.152. The second-order valence-corrected chi connectivity index (χ2v) is 18.7. The van der Waals surface area contributed by atoms with Crippen LogP contribution < -0.4 is 10.4 Å². The molecule has 3 aliphatic carbocycles. The highest BCUT2D eigenvalue weighted by Crippen LogP contribution is 2.74. The zero-order valence-electron chi connectivity index (χ0n) is 24.8. The normalized spacial score (nSPS) is 24.1.